The molecule has 0 saturated carbocycles. The number of pyridine rings is 1. The van der Waals surface area contributed by atoms with Crippen molar-refractivity contribution < 1.29 is 0 Å². The van der Waals surface area contributed by atoms with Gasteiger partial charge in [0.25, 0.3) is 0 Å². The van der Waals surface area contributed by atoms with Gasteiger partial charge in [0.1, 0.15) is 5.69 Å². The minimum absolute atomic E-state index is 0.607. The summed E-state index contributed by atoms with van der Waals surface area (Å²) in [5.41, 5.74) is 8.05. The average Bonchev–Trinajstić information content (AvgIpc) is 2.46. The Bertz CT molecular complexity index is 789. The summed E-state index contributed by atoms with van der Waals surface area (Å²) in [4.78, 5) is 4.17. The van der Waals surface area contributed by atoms with E-state index < -0.39 is 0 Å². The fourth-order valence-electron chi connectivity index (χ4n) is 1.98. The number of anilines is 1. The molecule has 19 heavy (non-hydrogen) atoms. The largest absolute Gasteiger partial charge is 0.396 e. The molecule has 0 bridgehead atoms. The van der Waals surface area contributed by atoms with Gasteiger partial charge in [0, 0.05) is 11.8 Å². The minimum Gasteiger partial charge on any atom is -0.396 e. The van der Waals surface area contributed by atoms with Crippen molar-refractivity contribution in [3.8, 4) is 11.8 Å². The molecule has 0 saturated heterocycles. The molecule has 2 aromatic carbocycles. The molecule has 2 N–H and O–H groups in total. The predicted molar refractivity (Wildman–Crippen MR) is 78.6 cm³/mol. The molecular weight excluding hydrogens is 232 g/mol. The lowest BCUT2D eigenvalue weighted by Crippen LogP contribution is -1.92. The van der Waals surface area contributed by atoms with E-state index >= 15 is 0 Å². The summed E-state index contributed by atoms with van der Waals surface area (Å²) in [6, 6.07) is 17.9. The van der Waals surface area contributed by atoms with Crippen molar-refractivity contribution in [3.05, 3.63) is 72.1 Å². The number of nitrogen functional groups attached to an aromatic ring is 1. The Kier molecular flexibility index (Phi) is 2.88. The molecule has 2 heteroatoms. The maximum atomic E-state index is 5.83. The molecule has 1 heterocycles. The van der Waals surface area contributed by atoms with Gasteiger partial charge in [-0.25, -0.2) is 4.98 Å². The summed E-state index contributed by atoms with van der Waals surface area (Å²) < 4.78 is 0. The van der Waals surface area contributed by atoms with Gasteiger partial charge >= 0.3 is 0 Å². The lowest BCUT2D eigenvalue weighted by molar-refractivity contribution is 1.29. The Balaban J connectivity index is 2.11. The standard InChI is InChI=1S/C17H12N2/c18-16-9-4-12-19-17(16)11-10-14-7-3-6-13-5-1-2-8-15(13)14/h1-9,12H,18H2. The molecule has 2 nitrogen and oxygen atoms in total. The second-order valence-electron chi connectivity index (χ2n) is 4.22. The summed E-state index contributed by atoms with van der Waals surface area (Å²) in [5.74, 6) is 6.19. The van der Waals surface area contributed by atoms with Crippen LogP contribution in [0.2, 0.25) is 0 Å². The number of nitrogens with zero attached hydrogens (tertiary/aromatic N) is 1. The van der Waals surface area contributed by atoms with Crippen LogP contribution in [0.1, 0.15) is 11.3 Å². The van der Waals surface area contributed by atoms with Crippen molar-refractivity contribution in [2.75, 3.05) is 5.73 Å². The number of nitrogens with two attached hydrogens (primary N) is 1. The van der Waals surface area contributed by atoms with Crippen molar-refractivity contribution in [1.29, 1.82) is 0 Å². The first-order valence-electron chi connectivity index (χ1n) is 6.05. The monoisotopic (exact) mass is 244 g/mol. The number of fused-ring (bicyclic) bond motifs is 1. The predicted octanol–water partition coefficient (Wildman–Crippen LogP) is 3.22. The minimum atomic E-state index is 0.607. The van der Waals surface area contributed by atoms with Crippen molar-refractivity contribution in [2.45, 2.75) is 0 Å². The lowest BCUT2D eigenvalue weighted by Gasteiger charge is -1.99. The van der Waals surface area contributed by atoms with E-state index in [0.29, 0.717) is 11.4 Å². The smallest absolute Gasteiger partial charge is 0.136 e. The summed E-state index contributed by atoms with van der Waals surface area (Å²) >= 11 is 0. The second-order valence-corrected chi connectivity index (χ2v) is 4.22. The highest BCUT2D eigenvalue weighted by atomic mass is 14.7. The number of aromatic nitrogens is 1. The summed E-state index contributed by atoms with van der Waals surface area (Å²) in [6.07, 6.45) is 1.70. The lowest BCUT2D eigenvalue weighted by atomic mass is 10.0. The Hall–Kier alpha value is -2.79. The van der Waals surface area contributed by atoms with E-state index in [1.54, 1.807) is 18.3 Å². The van der Waals surface area contributed by atoms with Crippen molar-refractivity contribution in [1.82, 2.24) is 4.98 Å². The number of benzene rings is 2. The van der Waals surface area contributed by atoms with Gasteiger partial charge in [-0.05, 0) is 34.9 Å². The Morgan fingerprint density at radius 2 is 1.68 bits per heavy atom. The van der Waals surface area contributed by atoms with Crippen LogP contribution in [-0.2, 0) is 0 Å². The van der Waals surface area contributed by atoms with Gasteiger partial charge in [-0.1, -0.05) is 42.3 Å². The molecule has 90 valence electrons. The average molecular weight is 244 g/mol. The molecule has 0 amide bonds. The van der Waals surface area contributed by atoms with Crippen LogP contribution in [0.15, 0.2) is 60.8 Å². The molecule has 1 aromatic heterocycles. The van der Waals surface area contributed by atoms with Crippen molar-refractivity contribution >= 4 is 16.5 Å². The molecule has 0 aliphatic rings. The molecule has 3 rings (SSSR count). The Morgan fingerprint density at radius 1 is 0.842 bits per heavy atom. The van der Waals surface area contributed by atoms with E-state index in [2.05, 4.69) is 35.0 Å². The molecule has 0 spiro atoms. The fraction of sp³-hybridized carbons (Fsp3) is 0. The first-order chi connectivity index (χ1) is 9.34. The molecule has 0 unspecified atom stereocenters. The number of hydrogen-bond donors (Lipinski definition) is 1. The van der Waals surface area contributed by atoms with Crippen LogP contribution in [0.4, 0.5) is 5.69 Å². The quantitative estimate of drug-likeness (QED) is 0.617. The van der Waals surface area contributed by atoms with Crippen LogP contribution in [-0.4, -0.2) is 4.98 Å². The maximum absolute atomic E-state index is 5.83. The molecule has 3 aromatic rings. The highest BCUT2D eigenvalue weighted by Crippen LogP contribution is 2.17. The third-order valence-corrected chi connectivity index (χ3v) is 2.94. The highest BCUT2D eigenvalue weighted by Gasteiger charge is 1.97. The van der Waals surface area contributed by atoms with E-state index in [4.69, 9.17) is 5.73 Å². The van der Waals surface area contributed by atoms with Gasteiger partial charge in [-0.2, -0.15) is 0 Å². The zero-order valence-electron chi connectivity index (χ0n) is 10.3. The van der Waals surface area contributed by atoms with Gasteiger partial charge in [0.2, 0.25) is 0 Å². The van der Waals surface area contributed by atoms with Gasteiger partial charge in [0.05, 0.1) is 5.69 Å². The Morgan fingerprint density at radius 3 is 2.58 bits per heavy atom. The van der Waals surface area contributed by atoms with Crippen LogP contribution < -0.4 is 5.73 Å². The van der Waals surface area contributed by atoms with Crippen LogP contribution in [0, 0.1) is 11.8 Å². The van der Waals surface area contributed by atoms with Gasteiger partial charge in [0.15, 0.2) is 0 Å². The van der Waals surface area contributed by atoms with Gasteiger partial charge < -0.3 is 5.73 Å². The molecule has 0 fully saturated rings. The van der Waals surface area contributed by atoms with Crippen LogP contribution >= 0.6 is 0 Å². The SMILES string of the molecule is Nc1cccnc1C#Cc1cccc2ccccc12. The van der Waals surface area contributed by atoms with E-state index in [-0.39, 0.29) is 0 Å². The zero-order chi connectivity index (χ0) is 13.1. The highest BCUT2D eigenvalue weighted by molar-refractivity contribution is 5.88. The molecule has 0 aliphatic heterocycles. The topological polar surface area (TPSA) is 38.9 Å². The number of rotatable bonds is 0. The number of hydrogen-bond acceptors (Lipinski definition) is 2. The van der Waals surface area contributed by atoms with E-state index in [1.807, 2.05) is 24.3 Å². The van der Waals surface area contributed by atoms with Crippen molar-refractivity contribution in [3.63, 3.8) is 0 Å². The van der Waals surface area contributed by atoms with Gasteiger partial charge in [-0.3, -0.25) is 0 Å². The van der Waals surface area contributed by atoms with Crippen LogP contribution in [0.25, 0.3) is 10.8 Å². The van der Waals surface area contributed by atoms with E-state index in [1.165, 1.54) is 5.39 Å². The van der Waals surface area contributed by atoms with Crippen molar-refractivity contribution in [2.24, 2.45) is 0 Å². The van der Waals surface area contributed by atoms with E-state index in [9.17, 15) is 0 Å². The summed E-state index contributed by atoms with van der Waals surface area (Å²) in [6.45, 7) is 0. The third-order valence-electron chi connectivity index (χ3n) is 2.94. The molecule has 0 aliphatic carbocycles. The normalized spacial score (nSPS) is 9.89. The third kappa shape index (κ3) is 2.27. The van der Waals surface area contributed by atoms with Crippen LogP contribution in [0.3, 0.4) is 0 Å². The Labute approximate surface area is 111 Å². The van der Waals surface area contributed by atoms with Crippen LogP contribution in [0.5, 0.6) is 0 Å². The first kappa shape index (κ1) is 11.3. The van der Waals surface area contributed by atoms with E-state index in [0.717, 1.165) is 10.9 Å². The second kappa shape index (κ2) is 4.83. The first-order valence-corrected chi connectivity index (χ1v) is 6.05. The summed E-state index contributed by atoms with van der Waals surface area (Å²) in [7, 11) is 0. The summed E-state index contributed by atoms with van der Waals surface area (Å²) in [5, 5.41) is 2.33. The molecular formula is C17H12N2. The fourth-order valence-corrected chi connectivity index (χ4v) is 1.98. The zero-order valence-corrected chi connectivity index (χ0v) is 10.3. The molecule has 0 radical (unpaired) electrons. The molecule has 0 atom stereocenters. The van der Waals surface area contributed by atoms with Gasteiger partial charge in [-0.15, -0.1) is 0 Å². The maximum Gasteiger partial charge on any atom is 0.136 e.